The molecule has 0 radical (unpaired) electrons. The van der Waals surface area contributed by atoms with Gasteiger partial charge in [0.2, 0.25) is 0 Å². The van der Waals surface area contributed by atoms with E-state index in [9.17, 15) is 9.59 Å². The molecule has 0 saturated heterocycles. The summed E-state index contributed by atoms with van der Waals surface area (Å²) in [6, 6.07) is 11.3. The topological polar surface area (TPSA) is 84.7 Å². The number of anilines is 1. The number of pyridine rings is 1. The fraction of sp³-hybridized carbons (Fsp3) is 0.318. The van der Waals surface area contributed by atoms with E-state index in [1.165, 1.54) is 0 Å². The third-order valence-corrected chi connectivity index (χ3v) is 4.39. The fourth-order valence-electron chi connectivity index (χ4n) is 3.09. The number of hydrogen-bond acceptors (Lipinski definition) is 5. The predicted molar refractivity (Wildman–Crippen MR) is 112 cm³/mol. The maximum atomic E-state index is 12.2. The molecular formula is C22H26N4O3. The highest BCUT2D eigenvalue weighted by Gasteiger charge is 2.18. The van der Waals surface area contributed by atoms with Gasteiger partial charge in [-0.3, -0.25) is 14.5 Å². The first-order chi connectivity index (χ1) is 13.8. The van der Waals surface area contributed by atoms with Crippen molar-refractivity contribution >= 4 is 23.7 Å². The first kappa shape index (κ1) is 20.5. The summed E-state index contributed by atoms with van der Waals surface area (Å²) in [5, 5.41) is 6.15. The number of hydrogen-bond donors (Lipinski definition) is 2. The second-order valence-corrected chi connectivity index (χ2v) is 7.82. The average molecular weight is 394 g/mol. The number of nitrogens with zero attached hydrogens (tertiary/aromatic N) is 2. The summed E-state index contributed by atoms with van der Waals surface area (Å²) in [4.78, 5) is 28.2. The van der Waals surface area contributed by atoms with Gasteiger partial charge in [-0.2, -0.15) is 0 Å². The van der Waals surface area contributed by atoms with Gasteiger partial charge >= 0.3 is 6.09 Å². The number of aromatic nitrogens is 2. The molecule has 3 rings (SSSR count). The number of amides is 1. The Kier molecular flexibility index (Phi) is 5.98. The molecule has 1 amide bonds. The minimum absolute atomic E-state index is 0.427. The van der Waals surface area contributed by atoms with Crippen LogP contribution in [-0.2, 0) is 17.8 Å². The van der Waals surface area contributed by atoms with E-state index in [-0.39, 0.29) is 0 Å². The number of rotatable bonds is 6. The Balaban J connectivity index is 1.73. The highest BCUT2D eigenvalue weighted by Crippen LogP contribution is 2.21. The summed E-state index contributed by atoms with van der Waals surface area (Å²) < 4.78 is 7.12. The maximum absolute atomic E-state index is 12.2. The summed E-state index contributed by atoms with van der Waals surface area (Å²) >= 11 is 0. The Labute approximate surface area is 170 Å². The van der Waals surface area contributed by atoms with E-state index < -0.39 is 11.7 Å². The van der Waals surface area contributed by atoms with E-state index >= 15 is 0 Å². The van der Waals surface area contributed by atoms with Gasteiger partial charge in [0.25, 0.3) is 0 Å². The zero-order valence-electron chi connectivity index (χ0n) is 17.2. The lowest BCUT2D eigenvalue weighted by Crippen LogP contribution is -2.28. The molecule has 0 fully saturated rings. The molecule has 7 heteroatoms. The molecule has 0 saturated carbocycles. The molecule has 2 N–H and O–H groups in total. The van der Waals surface area contributed by atoms with Crippen LogP contribution >= 0.6 is 0 Å². The van der Waals surface area contributed by atoms with Gasteiger partial charge in [0.1, 0.15) is 16.9 Å². The Morgan fingerprint density at radius 1 is 1.17 bits per heavy atom. The highest BCUT2D eigenvalue weighted by molar-refractivity contribution is 5.86. The van der Waals surface area contributed by atoms with Crippen molar-refractivity contribution in [3.63, 3.8) is 0 Å². The lowest BCUT2D eigenvalue weighted by molar-refractivity contribution is 0.0635. The lowest BCUT2D eigenvalue weighted by Gasteiger charge is -2.21. The lowest BCUT2D eigenvalue weighted by atomic mass is 10.1. The molecule has 7 nitrogen and oxygen atoms in total. The van der Waals surface area contributed by atoms with E-state index in [1.807, 2.05) is 70.3 Å². The van der Waals surface area contributed by atoms with Crippen molar-refractivity contribution in [2.24, 2.45) is 0 Å². The van der Waals surface area contributed by atoms with Crippen LogP contribution in [0.15, 0.2) is 42.6 Å². The molecular weight excluding hydrogens is 368 g/mol. The van der Waals surface area contributed by atoms with Crippen molar-refractivity contribution < 1.29 is 14.3 Å². The molecule has 3 aromatic rings. The largest absolute Gasteiger partial charge is 0.444 e. The normalized spacial score (nSPS) is 11.4. The third kappa shape index (κ3) is 5.00. The zero-order valence-corrected chi connectivity index (χ0v) is 17.2. The van der Waals surface area contributed by atoms with Crippen LogP contribution in [0, 0.1) is 6.92 Å². The molecule has 0 aliphatic rings. The zero-order chi connectivity index (χ0) is 21.0. The number of carbonyl (C=O) groups is 2. The summed E-state index contributed by atoms with van der Waals surface area (Å²) in [5.74, 6) is 0. The Hall–Kier alpha value is -3.19. The highest BCUT2D eigenvalue weighted by atomic mass is 16.6. The first-order valence-corrected chi connectivity index (χ1v) is 9.49. The van der Waals surface area contributed by atoms with E-state index in [0.717, 1.165) is 23.1 Å². The number of carbonyl (C=O) groups excluding carboxylic acids is 2. The molecule has 0 spiro atoms. The quantitative estimate of drug-likeness (QED) is 0.615. The van der Waals surface area contributed by atoms with Crippen LogP contribution in [0.25, 0.3) is 5.65 Å². The van der Waals surface area contributed by atoms with Crippen LogP contribution in [0.1, 0.15) is 48.1 Å². The second-order valence-electron chi connectivity index (χ2n) is 7.82. The van der Waals surface area contributed by atoms with Crippen molar-refractivity contribution in [3.8, 4) is 0 Å². The molecule has 152 valence electrons. The molecule has 0 atom stereocenters. The molecule has 0 aliphatic carbocycles. The Morgan fingerprint density at radius 3 is 2.69 bits per heavy atom. The van der Waals surface area contributed by atoms with Crippen LogP contribution in [0.4, 0.5) is 10.5 Å². The van der Waals surface area contributed by atoms with Crippen LogP contribution in [-0.4, -0.2) is 27.4 Å². The van der Waals surface area contributed by atoms with Gasteiger partial charge in [-0.25, -0.2) is 9.78 Å². The summed E-state index contributed by atoms with van der Waals surface area (Å²) in [7, 11) is 0. The molecule has 0 unspecified atom stereocenters. The Morgan fingerprint density at radius 2 is 1.97 bits per heavy atom. The fourth-order valence-corrected chi connectivity index (χ4v) is 3.09. The van der Waals surface area contributed by atoms with Crippen molar-refractivity contribution in [2.75, 3.05) is 5.32 Å². The molecule has 0 bridgehead atoms. The minimum Gasteiger partial charge on any atom is -0.444 e. The second kappa shape index (κ2) is 8.45. The van der Waals surface area contributed by atoms with Crippen molar-refractivity contribution in [1.82, 2.24) is 14.7 Å². The first-order valence-electron chi connectivity index (χ1n) is 9.49. The Bertz CT molecular complexity index is 1030. The SMILES string of the molecule is Cc1cccc(NC(=O)OC(C)(C)C)c1CNCc1nc2ccccn2c1C=O. The molecule has 2 heterocycles. The summed E-state index contributed by atoms with van der Waals surface area (Å²) in [6.45, 7) is 8.39. The monoisotopic (exact) mass is 394 g/mol. The molecule has 29 heavy (non-hydrogen) atoms. The number of fused-ring (bicyclic) bond motifs is 1. The standard InChI is InChI=1S/C22H26N4O3/c1-15-8-7-9-17(25-21(28)29-22(2,3)4)16(15)12-23-13-18-19(14-27)26-11-6-5-10-20(26)24-18/h5-11,14,23H,12-13H2,1-4H3,(H,25,28). The number of aryl methyl sites for hydroxylation is 1. The van der Waals surface area contributed by atoms with Crippen LogP contribution in [0.2, 0.25) is 0 Å². The minimum atomic E-state index is -0.569. The number of nitrogens with one attached hydrogen (secondary N) is 2. The van der Waals surface area contributed by atoms with Crippen LogP contribution < -0.4 is 10.6 Å². The summed E-state index contributed by atoms with van der Waals surface area (Å²) in [5.41, 5.74) is 4.06. The average Bonchev–Trinajstić information content (AvgIpc) is 2.99. The molecule has 1 aromatic carbocycles. The van der Waals surface area contributed by atoms with Crippen LogP contribution in [0.3, 0.4) is 0 Å². The van der Waals surface area contributed by atoms with Gasteiger partial charge in [-0.1, -0.05) is 18.2 Å². The van der Waals surface area contributed by atoms with Gasteiger partial charge < -0.3 is 10.1 Å². The molecule has 2 aromatic heterocycles. The third-order valence-electron chi connectivity index (χ3n) is 4.39. The van der Waals surface area contributed by atoms with Gasteiger partial charge in [0.05, 0.1) is 5.69 Å². The number of ether oxygens (including phenoxy) is 1. The van der Waals surface area contributed by atoms with Crippen molar-refractivity contribution in [1.29, 1.82) is 0 Å². The smallest absolute Gasteiger partial charge is 0.412 e. The van der Waals surface area contributed by atoms with Gasteiger partial charge in [0, 0.05) is 25.0 Å². The van der Waals surface area contributed by atoms with E-state index in [2.05, 4.69) is 15.6 Å². The number of benzene rings is 1. The maximum Gasteiger partial charge on any atom is 0.412 e. The molecule has 0 aliphatic heterocycles. The van der Waals surface area contributed by atoms with Gasteiger partial charge in [-0.15, -0.1) is 0 Å². The summed E-state index contributed by atoms with van der Waals surface area (Å²) in [6.07, 6.45) is 2.15. The van der Waals surface area contributed by atoms with E-state index in [4.69, 9.17) is 4.74 Å². The van der Waals surface area contributed by atoms with E-state index in [0.29, 0.717) is 30.2 Å². The number of imidazole rings is 1. The predicted octanol–water partition coefficient (Wildman–Crippen LogP) is 4.09. The van der Waals surface area contributed by atoms with Gasteiger partial charge in [0.15, 0.2) is 6.29 Å². The van der Waals surface area contributed by atoms with Gasteiger partial charge in [-0.05, 0) is 57.0 Å². The number of aldehydes is 1. The van der Waals surface area contributed by atoms with E-state index in [1.54, 1.807) is 4.40 Å². The van der Waals surface area contributed by atoms with Crippen molar-refractivity contribution in [2.45, 2.75) is 46.4 Å². The van der Waals surface area contributed by atoms with Crippen LogP contribution in [0.5, 0.6) is 0 Å². The van der Waals surface area contributed by atoms with Crippen molar-refractivity contribution in [3.05, 3.63) is 65.1 Å².